The van der Waals surface area contributed by atoms with Crippen LogP contribution in [0, 0.1) is 11.8 Å². The SMILES string of the molecule is CCCC1NC(CC(C)C)C(=O)N1CC1CCN(C)C1. The van der Waals surface area contributed by atoms with E-state index in [1.807, 2.05) is 0 Å². The van der Waals surface area contributed by atoms with Gasteiger partial charge in [-0.25, -0.2) is 0 Å². The topological polar surface area (TPSA) is 35.6 Å². The summed E-state index contributed by atoms with van der Waals surface area (Å²) in [5.74, 6) is 1.56. The Labute approximate surface area is 123 Å². The van der Waals surface area contributed by atoms with Gasteiger partial charge < -0.3 is 9.80 Å². The lowest BCUT2D eigenvalue weighted by molar-refractivity contribution is -0.131. The molecule has 3 atom stereocenters. The van der Waals surface area contributed by atoms with Gasteiger partial charge in [0, 0.05) is 13.1 Å². The fraction of sp³-hybridized carbons (Fsp3) is 0.938. The average molecular weight is 281 g/mol. The van der Waals surface area contributed by atoms with E-state index >= 15 is 0 Å². The summed E-state index contributed by atoms with van der Waals surface area (Å²) < 4.78 is 0. The minimum atomic E-state index is 0.0469. The Kier molecular flexibility index (Phi) is 5.44. The summed E-state index contributed by atoms with van der Waals surface area (Å²) in [4.78, 5) is 17.2. The van der Waals surface area contributed by atoms with Gasteiger partial charge in [-0.05, 0) is 44.7 Å². The quantitative estimate of drug-likeness (QED) is 0.808. The van der Waals surface area contributed by atoms with Crippen molar-refractivity contribution in [3.8, 4) is 0 Å². The van der Waals surface area contributed by atoms with Crippen molar-refractivity contribution in [2.24, 2.45) is 11.8 Å². The van der Waals surface area contributed by atoms with E-state index in [1.165, 1.54) is 13.0 Å². The fourth-order valence-corrected chi connectivity index (χ4v) is 3.57. The van der Waals surface area contributed by atoms with Gasteiger partial charge in [0.2, 0.25) is 5.91 Å². The first kappa shape index (κ1) is 15.8. The second kappa shape index (κ2) is 6.90. The van der Waals surface area contributed by atoms with Crippen molar-refractivity contribution in [3.05, 3.63) is 0 Å². The van der Waals surface area contributed by atoms with E-state index in [0.29, 0.717) is 17.7 Å². The minimum Gasteiger partial charge on any atom is -0.325 e. The monoisotopic (exact) mass is 281 g/mol. The van der Waals surface area contributed by atoms with E-state index in [2.05, 4.69) is 42.9 Å². The van der Waals surface area contributed by atoms with Crippen molar-refractivity contribution < 1.29 is 4.79 Å². The maximum Gasteiger partial charge on any atom is 0.241 e. The molecule has 2 aliphatic heterocycles. The van der Waals surface area contributed by atoms with Crippen LogP contribution in [0.15, 0.2) is 0 Å². The molecule has 20 heavy (non-hydrogen) atoms. The molecule has 2 heterocycles. The molecule has 2 rings (SSSR count). The molecule has 2 saturated heterocycles. The Morgan fingerprint density at radius 1 is 1.40 bits per heavy atom. The maximum absolute atomic E-state index is 12.6. The molecule has 1 amide bonds. The highest BCUT2D eigenvalue weighted by Gasteiger charge is 2.39. The van der Waals surface area contributed by atoms with Gasteiger partial charge in [-0.1, -0.05) is 27.2 Å². The maximum atomic E-state index is 12.6. The normalized spacial score (nSPS) is 31.8. The van der Waals surface area contributed by atoms with Crippen LogP contribution in [0.4, 0.5) is 0 Å². The Balaban J connectivity index is 1.97. The highest BCUT2D eigenvalue weighted by molar-refractivity contribution is 5.84. The standard InChI is InChI=1S/C16H31N3O/c1-5-6-15-17-14(9-12(2)3)16(20)19(15)11-13-7-8-18(4)10-13/h12-15,17H,5-11H2,1-4H3. The van der Waals surface area contributed by atoms with Crippen molar-refractivity contribution in [2.75, 3.05) is 26.7 Å². The third kappa shape index (κ3) is 3.73. The Morgan fingerprint density at radius 2 is 2.15 bits per heavy atom. The zero-order valence-corrected chi connectivity index (χ0v) is 13.6. The molecule has 0 aromatic rings. The van der Waals surface area contributed by atoms with Crippen LogP contribution >= 0.6 is 0 Å². The predicted molar refractivity (Wildman–Crippen MR) is 82.4 cm³/mol. The lowest BCUT2D eigenvalue weighted by atomic mass is 10.0. The molecule has 0 aromatic heterocycles. The van der Waals surface area contributed by atoms with Gasteiger partial charge in [-0.2, -0.15) is 0 Å². The molecule has 2 aliphatic rings. The largest absolute Gasteiger partial charge is 0.325 e. The Morgan fingerprint density at radius 3 is 2.70 bits per heavy atom. The molecule has 3 unspecified atom stereocenters. The van der Waals surface area contributed by atoms with E-state index < -0.39 is 0 Å². The Hall–Kier alpha value is -0.610. The molecule has 1 N–H and O–H groups in total. The molecular formula is C16H31N3O. The number of likely N-dealkylation sites (tertiary alicyclic amines) is 1. The van der Waals surface area contributed by atoms with Gasteiger partial charge in [0.1, 0.15) is 0 Å². The number of nitrogens with one attached hydrogen (secondary N) is 1. The van der Waals surface area contributed by atoms with Crippen molar-refractivity contribution in [1.82, 2.24) is 15.1 Å². The summed E-state index contributed by atoms with van der Waals surface area (Å²) in [6.07, 6.45) is 4.65. The smallest absolute Gasteiger partial charge is 0.241 e. The van der Waals surface area contributed by atoms with Crippen LogP contribution in [-0.2, 0) is 4.79 Å². The number of hydrogen-bond donors (Lipinski definition) is 1. The average Bonchev–Trinajstić information content (AvgIpc) is 2.89. The van der Waals surface area contributed by atoms with E-state index in [-0.39, 0.29) is 12.2 Å². The molecule has 0 aliphatic carbocycles. The van der Waals surface area contributed by atoms with E-state index in [9.17, 15) is 4.79 Å². The third-order valence-electron chi connectivity index (χ3n) is 4.56. The highest BCUT2D eigenvalue weighted by atomic mass is 16.2. The van der Waals surface area contributed by atoms with Crippen LogP contribution in [0.25, 0.3) is 0 Å². The summed E-state index contributed by atoms with van der Waals surface area (Å²) in [5.41, 5.74) is 0. The summed E-state index contributed by atoms with van der Waals surface area (Å²) in [6, 6.07) is 0.0469. The second-order valence-electron chi connectivity index (χ2n) is 7.06. The van der Waals surface area contributed by atoms with Crippen molar-refractivity contribution >= 4 is 5.91 Å². The number of nitrogens with zero attached hydrogens (tertiary/aromatic N) is 2. The third-order valence-corrected chi connectivity index (χ3v) is 4.56. The van der Waals surface area contributed by atoms with Crippen LogP contribution < -0.4 is 5.32 Å². The van der Waals surface area contributed by atoms with Crippen LogP contribution in [0.5, 0.6) is 0 Å². The Bertz CT molecular complexity index is 332. The molecule has 116 valence electrons. The summed E-state index contributed by atoms with van der Waals surface area (Å²) in [5, 5.41) is 3.57. The molecule has 2 fully saturated rings. The van der Waals surface area contributed by atoms with Crippen molar-refractivity contribution in [3.63, 3.8) is 0 Å². The highest BCUT2D eigenvalue weighted by Crippen LogP contribution is 2.24. The van der Waals surface area contributed by atoms with Crippen LogP contribution in [-0.4, -0.2) is 54.6 Å². The molecule has 0 radical (unpaired) electrons. The number of rotatable bonds is 6. The summed E-state index contributed by atoms with van der Waals surface area (Å²) in [7, 11) is 2.18. The zero-order chi connectivity index (χ0) is 14.7. The molecule has 4 heteroatoms. The fourth-order valence-electron chi connectivity index (χ4n) is 3.57. The lowest BCUT2D eigenvalue weighted by Gasteiger charge is -2.26. The van der Waals surface area contributed by atoms with Crippen molar-refractivity contribution in [2.45, 2.75) is 58.7 Å². The van der Waals surface area contributed by atoms with Gasteiger partial charge in [0.25, 0.3) is 0 Å². The minimum absolute atomic E-state index is 0.0469. The van der Waals surface area contributed by atoms with Crippen LogP contribution in [0.1, 0.15) is 46.5 Å². The van der Waals surface area contributed by atoms with Gasteiger partial charge in [0.15, 0.2) is 0 Å². The molecule has 0 spiro atoms. The van der Waals surface area contributed by atoms with E-state index in [1.54, 1.807) is 0 Å². The first-order chi connectivity index (χ1) is 9.51. The molecule has 0 aromatic carbocycles. The van der Waals surface area contributed by atoms with Gasteiger partial charge in [0.05, 0.1) is 12.2 Å². The first-order valence-corrected chi connectivity index (χ1v) is 8.26. The number of hydrogen-bond acceptors (Lipinski definition) is 3. The predicted octanol–water partition coefficient (Wildman–Crippen LogP) is 1.91. The van der Waals surface area contributed by atoms with Crippen LogP contribution in [0.2, 0.25) is 0 Å². The zero-order valence-electron chi connectivity index (χ0n) is 13.6. The molecule has 0 saturated carbocycles. The van der Waals surface area contributed by atoms with Gasteiger partial charge in [-0.3, -0.25) is 10.1 Å². The number of carbonyl (C=O) groups excluding carboxylic acids is 1. The number of carbonyl (C=O) groups is 1. The first-order valence-electron chi connectivity index (χ1n) is 8.26. The second-order valence-corrected chi connectivity index (χ2v) is 7.06. The van der Waals surface area contributed by atoms with Gasteiger partial charge >= 0.3 is 0 Å². The van der Waals surface area contributed by atoms with E-state index in [0.717, 1.165) is 32.4 Å². The van der Waals surface area contributed by atoms with E-state index in [4.69, 9.17) is 0 Å². The number of amides is 1. The van der Waals surface area contributed by atoms with Gasteiger partial charge in [-0.15, -0.1) is 0 Å². The summed E-state index contributed by atoms with van der Waals surface area (Å²) in [6.45, 7) is 9.83. The summed E-state index contributed by atoms with van der Waals surface area (Å²) >= 11 is 0. The lowest BCUT2D eigenvalue weighted by Crippen LogP contribution is -2.40. The van der Waals surface area contributed by atoms with Crippen molar-refractivity contribution in [1.29, 1.82) is 0 Å². The van der Waals surface area contributed by atoms with Crippen LogP contribution in [0.3, 0.4) is 0 Å². The molecule has 4 nitrogen and oxygen atoms in total. The molecule has 0 bridgehead atoms. The molecular weight excluding hydrogens is 250 g/mol.